The van der Waals surface area contributed by atoms with Gasteiger partial charge in [0.05, 0.1) is 10.7 Å². The molecule has 1 aromatic rings. The molecule has 0 radical (unpaired) electrons. The summed E-state index contributed by atoms with van der Waals surface area (Å²) >= 11 is 1.37. The van der Waals surface area contributed by atoms with E-state index in [1.807, 2.05) is 13.8 Å². The van der Waals surface area contributed by atoms with Crippen molar-refractivity contribution in [2.45, 2.75) is 45.2 Å². The van der Waals surface area contributed by atoms with Crippen LogP contribution in [0.15, 0.2) is 0 Å². The molecule has 2 heterocycles. The molecule has 126 valence electrons. The Bertz CT molecular complexity index is 619. The summed E-state index contributed by atoms with van der Waals surface area (Å²) in [5.41, 5.74) is -1.12. The van der Waals surface area contributed by atoms with E-state index < -0.39 is 11.6 Å². The Balaban J connectivity index is 1.57. The van der Waals surface area contributed by atoms with Gasteiger partial charge in [0.15, 0.2) is 5.67 Å². The molecule has 1 aliphatic heterocycles. The molecule has 0 spiro atoms. The fourth-order valence-corrected chi connectivity index (χ4v) is 3.77. The smallest absolute Gasteiger partial charge is 0.265 e. The summed E-state index contributed by atoms with van der Waals surface area (Å²) in [5.74, 6) is -0.0865. The number of nitrogens with one attached hydrogen (secondary N) is 1. The monoisotopic (exact) mass is 339 g/mol. The van der Waals surface area contributed by atoms with Crippen molar-refractivity contribution in [2.24, 2.45) is 5.92 Å². The van der Waals surface area contributed by atoms with Gasteiger partial charge in [0, 0.05) is 32.5 Å². The van der Waals surface area contributed by atoms with Crippen LogP contribution in [0.5, 0.6) is 0 Å². The van der Waals surface area contributed by atoms with Crippen molar-refractivity contribution in [3.63, 3.8) is 0 Å². The zero-order valence-corrected chi connectivity index (χ0v) is 14.3. The second kappa shape index (κ2) is 6.19. The molecule has 1 N–H and O–H groups in total. The van der Waals surface area contributed by atoms with Gasteiger partial charge >= 0.3 is 0 Å². The van der Waals surface area contributed by atoms with E-state index in [0.29, 0.717) is 17.3 Å². The van der Waals surface area contributed by atoms with Gasteiger partial charge in [0.1, 0.15) is 4.88 Å². The number of carbonyl (C=O) groups is 2. The zero-order valence-electron chi connectivity index (χ0n) is 13.5. The number of likely N-dealkylation sites (tertiary alicyclic amines) is 1. The van der Waals surface area contributed by atoms with E-state index in [2.05, 4.69) is 10.3 Å². The topological polar surface area (TPSA) is 62.3 Å². The first-order valence-electron chi connectivity index (χ1n) is 8.09. The van der Waals surface area contributed by atoms with Crippen LogP contribution in [0.25, 0.3) is 0 Å². The first-order chi connectivity index (χ1) is 10.9. The molecular formula is C16H22FN3O2S. The SMILES string of the molecule is Cc1nc(C)c(C(=O)N2CCC(F)(C(=O)NCC3CC3)CC2)s1. The van der Waals surface area contributed by atoms with Gasteiger partial charge in [-0.15, -0.1) is 11.3 Å². The average molecular weight is 339 g/mol. The standard InChI is InChI=1S/C16H22FN3O2S/c1-10-13(23-11(2)19-10)14(21)20-7-5-16(17,6-8-20)15(22)18-9-12-3-4-12/h12H,3-9H2,1-2H3,(H,18,22). The lowest BCUT2D eigenvalue weighted by Crippen LogP contribution is -2.52. The summed E-state index contributed by atoms with van der Waals surface area (Å²) < 4.78 is 14.8. The Hall–Kier alpha value is -1.50. The van der Waals surface area contributed by atoms with Crippen LogP contribution >= 0.6 is 11.3 Å². The number of amides is 2. The van der Waals surface area contributed by atoms with Gasteiger partial charge in [-0.25, -0.2) is 9.37 Å². The van der Waals surface area contributed by atoms with Gasteiger partial charge in [0.25, 0.3) is 11.8 Å². The Morgan fingerprint density at radius 1 is 1.35 bits per heavy atom. The summed E-state index contributed by atoms with van der Waals surface area (Å²) in [6, 6.07) is 0. The van der Waals surface area contributed by atoms with Crippen LogP contribution < -0.4 is 5.32 Å². The third kappa shape index (κ3) is 3.54. The van der Waals surface area contributed by atoms with Gasteiger partial charge in [-0.3, -0.25) is 9.59 Å². The molecule has 0 unspecified atom stereocenters. The number of hydrogen-bond acceptors (Lipinski definition) is 4. The van der Waals surface area contributed by atoms with E-state index in [1.54, 1.807) is 4.90 Å². The third-order valence-electron chi connectivity index (χ3n) is 4.60. The molecule has 2 fully saturated rings. The lowest BCUT2D eigenvalue weighted by atomic mass is 9.92. The quantitative estimate of drug-likeness (QED) is 0.915. The first kappa shape index (κ1) is 16.4. The lowest BCUT2D eigenvalue weighted by Gasteiger charge is -2.35. The van der Waals surface area contributed by atoms with Crippen molar-refractivity contribution < 1.29 is 14.0 Å². The van der Waals surface area contributed by atoms with Gasteiger partial charge in [-0.2, -0.15) is 0 Å². The maximum absolute atomic E-state index is 14.8. The van der Waals surface area contributed by atoms with Crippen LogP contribution in [-0.2, 0) is 4.79 Å². The zero-order chi connectivity index (χ0) is 16.6. The molecular weight excluding hydrogens is 317 g/mol. The molecule has 1 saturated carbocycles. The minimum Gasteiger partial charge on any atom is -0.353 e. The predicted octanol–water partition coefficient (Wildman–Crippen LogP) is 2.23. The Labute approximate surface area is 139 Å². The highest BCUT2D eigenvalue weighted by atomic mass is 32.1. The van der Waals surface area contributed by atoms with E-state index in [1.165, 1.54) is 11.3 Å². The van der Waals surface area contributed by atoms with Gasteiger partial charge < -0.3 is 10.2 Å². The molecule has 0 bridgehead atoms. The number of piperidine rings is 1. The summed E-state index contributed by atoms with van der Waals surface area (Å²) in [4.78, 5) is 31.1. The highest BCUT2D eigenvalue weighted by Crippen LogP contribution is 2.31. The second-order valence-electron chi connectivity index (χ2n) is 6.56. The largest absolute Gasteiger partial charge is 0.353 e. The Morgan fingerprint density at radius 2 is 2.00 bits per heavy atom. The number of thiazole rings is 1. The molecule has 2 aliphatic rings. The molecule has 1 aliphatic carbocycles. The van der Waals surface area contributed by atoms with Crippen LogP contribution in [0.3, 0.4) is 0 Å². The molecule has 0 atom stereocenters. The summed E-state index contributed by atoms with van der Waals surface area (Å²) in [5, 5.41) is 3.57. The molecule has 7 heteroatoms. The summed E-state index contributed by atoms with van der Waals surface area (Å²) in [6.07, 6.45) is 2.36. The highest BCUT2D eigenvalue weighted by Gasteiger charge is 2.43. The third-order valence-corrected chi connectivity index (χ3v) is 5.66. The Kier molecular flexibility index (Phi) is 4.40. The van der Waals surface area contributed by atoms with E-state index in [-0.39, 0.29) is 31.8 Å². The predicted molar refractivity (Wildman–Crippen MR) is 86.3 cm³/mol. The summed E-state index contributed by atoms with van der Waals surface area (Å²) in [6.45, 7) is 4.78. The van der Waals surface area contributed by atoms with Gasteiger partial charge in [-0.05, 0) is 32.6 Å². The van der Waals surface area contributed by atoms with Crippen molar-refractivity contribution in [2.75, 3.05) is 19.6 Å². The van der Waals surface area contributed by atoms with Crippen molar-refractivity contribution >= 4 is 23.2 Å². The maximum atomic E-state index is 14.8. The van der Waals surface area contributed by atoms with Crippen molar-refractivity contribution in [1.82, 2.24) is 15.2 Å². The van der Waals surface area contributed by atoms with Crippen molar-refractivity contribution in [1.29, 1.82) is 0 Å². The van der Waals surface area contributed by atoms with Crippen LogP contribution in [0.4, 0.5) is 4.39 Å². The van der Waals surface area contributed by atoms with E-state index >= 15 is 0 Å². The molecule has 0 aromatic carbocycles. The number of nitrogens with zero attached hydrogens (tertiary/aromatic N) is 2. The van der Waals surface area contributed by atoms with Gasteiger partial charge in [0.2, 0.25) is 0 Å². The molecule has 1 saturated heterocycles. The number of halogens is 1. The number of hydrogen-bond donors (Lipinski definition) is 1. The Morgan fingerprint density at radius 3 is 2.52 bits per heavy atom. The fourth-order valence-electron chi connectivity index (χ4n) is 2.88. The van der Waals surface area contributed by atoms with Crippen LogP contribution in [-0.4, -0.2) is 47.0 Å². The number of aromatic nitrogens is 1. The fraction of sp³-hybridized carbons (Fsp3) is 0.688. The minimum absolute atomic E-state index is 0.0616. The number of rotatable bonds is 4. The van der Waals surface area contributed by atoms with E-state index in [4.69, 9.17) is 0 Å². The highest BCUT2D eigenvalue weighted by molar-refractivity contribution is 7.13. The van der Waals surface area contributed by atoms with Crippen molar-refractivity contribution in [3.8, 4) is 0 Å². The number of carbonyl (C=O) groups excluding carboxylic acids is 2. The summed E-state index contributed by atoms with van der Waals surface area (Å²) in [7, 11) is 0. The van der Waals surface area contributed by atoms with E-state index in [9.17, 15) is 14.0 Å². The molecule has 3 rings (SSSR count). The molecule has 2 amide bonds. The average Bonchev–Trinajstić information content (AvgIpc) is 3.28. The molecule has 5 nitrogen and oxygen atoms in total. The molecule has 1 aromatic heterocycles. The maximum Gasteiger partial charge on any atom is 0.265 e. The number of aryl methyl sites for hydroxylation is 2. The van der Waals surface area contributed by atoms with Gasteiger partial charge in [-0.1, -0.05) is 0 Å². The normalized spacial score (nSPS) is 20.4. The van der Waals surface area contributed by atoms with E-state index in [0.717, 1.165) is 23.5 Å². The number of alkyl halides is 1. The van der Waals surface area contributed by atoms with Crippen LogP contribution in [0, 0.1) is 19.8 Å². The van der Waals surface area contributed by atoms with Crippen LogP contribution in [0.1, 0.15) is 46.1 Å². The molecule has 23 heavy (non-hydrogen) atoms. The minimum atomic E-state index is -1.84. The lowest BCUT2D eigenvalue weighted by molar-refractivity contribution is -0.135. The van der Waals surface area contributed by atoms with Crippen molar-refractivity contribution in [3.05, 3.63) is 15.6 Å². The first-order valence-corrected chi connectivity index (χ1v) is 8.91. The van der Waals surface area contributed by atoms with Crippen LogP contribution in [0.2, 0.25) is 0 Å². The second-order valence-corrected chi connectivity index (χ2v) is 7.76.